The topological polar surface area (TPSA) is 57.5 Å². The number of carbonyl (C=O) groups is 1. The molecule has 18 heavy (non-hydrogen) atoms. The summed E-state index contributed by atoms with van der Waals surface area (Å²) in [5, 5.41) is 19.4. The second-order valence-corrected chi connectivity index (χ2v) is 5.66. The molecule has 0 aromatic heterocycles. The maximum atomic E-state index is 11.9. The molecule has 0 radical (unpaired) electrons. The van der Waals surface area contributed by atoms with E-state index in [1.807, 2.05) is 6.07 Å². The number of phenols is 1. The molecule has 94 valence electrons. The van der Waals surface area contributed by atoms with Crippen molar-refractivity contribution >= 4 is 11.4 Å². The van der Waals surface area contributed by atoms with Crippen LogP contribution in [0.3, 0.4) is 0 Å². The number of Topliss-reactive ketones (excluding diaryl/α,β-unsaturated/α-hetero) is 1. The quantitative estimate of drug-likeness (QED) is 0.734. The van der Waals surface area contributed by atoms with Crippen LogP contribution in [0.1, 0.15) is 31.4 Å². The van der Waals surface area contributed by atoms with E-state index >= 15 is 0 Å². The zero-order chi connectivity index (χ0) is 13.1. The van der Waals surface area contributed by atoms with Crippen LogP contribution >= 0.6 is 0 Å². The Morgan fingerprint density at radius 3 is 2.83 bits per heavy atom. The fourth-order valence-electron chi connectivity index (χ4n) is 3.53. The van der Waals surface area contributed by atoms with Crippen LogP contribution < -0.4 is 0 Å². The van der Waals surface area contributed by atoms with Gasteiger partial charge in [0.05, 0.1) is 0 Å². The largest absolute Gasteiger partial charge is 0.508 e. The summed E-state index contributed by atoms with van der Waals surface area (Å²) in [4.78, 5) is 11.9. The number of aromatic hydroxyl groups is 1. The van der Waals surface area contributed by atoms with E-state index in [9.17, 15) is 15.0 Å². The molecule has 1 aromatic rings. The molecule has 2 aliphatic carbocycles. The van der Waals surface area contributed by atoms with Gasteiger partial charge in [-0.15, -0.1) is 0 Å². The number of fused-ring (bicyclic) bond motifs is 3. The summed E-state index contributed by atoms with van der Waals surface area (Å²) in [5.41, 5.74) is 3.64. The van der Waals surface area contributed by atoms with Crippen molar-refractivity contribution in [3.05, 3.63) is 34.9 Å². The van der Waals surface area contributed by atoms with Crippen molar-refractivity contribution < 1.29 is 15.0 Å². The SMILES string of the molecule is CC1=C2c3ccc(O)cc3C[C@]2(C)C[C@H](O)C1=O. The van der Waals surface area contributed by atoms with E-state index in [-0.39, 0.29) is 16.9 Å². The Kier molecular flexibility index (Phi) is 2.20. The maximum Gasteiger partial charge on any atom is 0.187 e. The van der Waals surface area contributed by atoms with Gasteiger partial charge >= 0.3 is 0 Å². The third-order valence-electron chi connectivity index (χ3n) is 4.23. The lowest BCUT2D eigenvalue weighted by Crippen LogP contribution is -2.35. The molecular weight excluding hydrogens is 228 g/mol. The highest BCUT2D eigenvalue weighted by Gasteiger charge is 2.46. The highest BCUT2D eigenvalue weighted by molar-refractivity contribution is 6.08. The molecule has 0 unspecified atom stereocenters. The summed E-state index contributed by atoms with van der Waals surface area (Å²) in [5.74, 6) is 0.0875. The molecule has 0 fully saturated rings. The van der Waals surface area contributed by atoms with Gasteiger partial charge in [0, 0.05) is 5.41 Å². The van der Waals surface area contributed by atoms with E-state index in [2.05, 4.69) is 6.92 Å². The highest BCUT2D eigenvalue weighted by Crippen LogP contribution is 2.53. The Morgan fingerprint density at radius 2 is 2.11 bits per heavy atom. The molecule has 3 heteroatoms. The minimum absolute atomic E-state index is 0.164. The molecule has 0 saturated heterocycles. The zero-order valence-corrected chi connectivity index (χ0v) is 10.5. The number of phenolic OH excluding ortho intramolecular Hbond substituents is 1. The number of rotatable bonds is 0. The van der Waals surface area contributed by atoms with Gasteiger partial charge in [0.2, 0.25) is 0 Å². The summed E-state index contributed by atoms with van der Waals surface area (Å²) in [6, 6.07) is 5.29. The van der Waals surface area contributed by atoms with Gasteiger partial charge in [-0.2, -0.15) is 0 Å². The maximum absolute atomic E-state index is 11.9. The lowest BCUT2D eigenvalue weighted by atomic mass is 9.70. The number of ketones is 1. The zero-order valence-electron chi connectivity index (χ0n) is 10.5. The first kappa shape index (κ1) is 11.5. The van der Waals surface area contributed by atoms with Crippen molar-refractivity contribution in [1.29, 1.82) is 0 Å². The van der Waals surface area contributed by atoms with Crippen LogP contribution in [0.15, 0.2) is 23.8 Å². The Bertz CT molecular complexity index is 585. The molecule has 0 spiro atoms. The van der Waals surface area contributed by atoms with Crippen LogP contribution in [0.4, 0.5) is 0 Å². The molecule has 0 bridgehead atoms. The molecule has 0 heterocycles. The van der Waals surface area contributed by atoms with Crippen molar-refractivity contribution in [3.8, 4) is 5.75 Å². The second kappa shape index (κ2) is 3.45. The van der Waals surface area contributed by atoms with Crippen LogP contribution in [-0.4, -0.2) is 22.1 Å². The molecule has 0 aliphatic heterocycles. The lowest BCUT2D eigenvalue weighted by Gasteiger charge is -2.34. The highest BCUT2D eigenvalue weighted by atomic mass is 16.3. The predicted octanol–water partition coefficient (Wildman–Crippen LogP) is 2.06. The Hall–Kier alpha value is -1.61. The van der Waals surface area contributed by atoms with Crippen molar-refractivity contribution in [2.45, 2.75) is 32.8 Å². The number of hydrogen-bond donors (Lipinski definition) is 2. The molecule has 3 nitrogen and oxygen atoms in total. The van der Waals surface area contributed by atoms with Gasteiger partial charge in [0.25, 0.3) is 0 Å². The summed E-state index contributed by atoms with van der Waals surface area (Å²) >= 11 is 0. The number of allylic oxidation sites excluding steroid dienone is 1. The van der Waals surface area contributed by atoms with Crippen LogP contribution in [0.5, 0.6) is 5.75 Å². The number of benzene rings is 1. The number of hydrogen-bond acceptors (Lipinski definition) is 3. The van der Waals surface area contributed by atoms with Gasteiger partial charge in [0.15, 0.2) is 5.78 Å². The van der Waals surface area contributed by atoms with Crippen LogP contribution in [0.25, 0.3) is 5.57 Å². The van der Waals surface area contributed by atoms with Gasteiger partial charge in [-0.25, -0.2) is 0 Å². The molecule has 2 atom stereocenters. The van der Waals surface area contributed by atoms with E-state index in [1.54, 1.807) is 19.1 Å². The standard InChI is InChI=1S/C15H16O3/c1-8-13-11-4-3-10(16)5-9(11)6-15(13,2)7-12(17)14(8)18/h3-5,12,16-17H,6-7H2,1-2H3/t12-,15+/m0/s1. The average molecular weight is 244 g/mol. The van der Waals surface area contributed by atoms with Gasteiger partial charge in [-0.05, 0) is 54.2 Å². The average Bonchev–Trinajstić information content (AvgIpc) is 2.57. The van der Waals surface area contributed by atoms with Gasteiger partial charge in [-0.3, -0.25) is 4.79 Å². The number of carbonyl (C=O) groups excluding carboxylic acids is 1. The Labute approximate surface area is 106 Å². The third kappa shape index (κ3) is 1.37. The van der Waals surface area contributed by atoms with Crippen LogP contribution in [0.2, 0.25) is 0 Å². The molecule has 2 aliphatic rings. The summed E-state index contributed by atoms with van der Waals surface area (Å²) in [6.45, 7) is 3.87. The Morgan fingerprint density at radius 1 is 1.39 bits per heavy atom. The minimum Gasteiger partial charge on any atom is -0.508 e. The van der Waals surface area contributed by atoms with Gasteiger partial charge in [0.1, 0.15) is 11.9 Å². The van der Waals surface area contributed by atoms with E-state index in [0.717, 1.165) is 23.1 Å². The van der Waals surface area contributed by atoms with Gasteiger partial charge in [-0.1, -0.05) is 13.0 Å². The van der Waals surface area contributed by atoms with Crippen molar-refractivity contribution in [2.75, 3.05) is 0 Å². The first-order chi connectivity index (χ1) is 8.42. The minimum atomic E-state index is -0.887. The molecule has 2 N–H and O–H groups in total. The van der Waals surface area contributed by atoms with Crippen molar-refractivity contribution in [3.63, 3.8) is 0 Å². The molecular formula is C15H16O3. The summed E-state index contributed by atoms with van der Waals surface area (Å²) in [6.07, 6.45) is 0.350. The van der Waals surface area contributed by atoms with Gasteiger partial charge < -0.3 is 10.2 Å². The fourth-order valence-corrected chi connectivity index (χ4v) is 3.53. The first-order valence-corrected chi connectivity index (χ1v) is 6.18. The molecule has 0 saturated carbocycles. The van der Waals surface area contributed by atoms with Crippen LogP contribution in [0, 0.1) is 5.41 Å². The number of aliphatic hydroxyl groups excluding tert-OH is 1. The summed E-state index contributed by atoms with van der Waals surface area (Å²) in [7, 11) is 0. The van der Waals surface area contributed by atoms with Crippen LogP contribution in [-0.2, 0) is 11.2 Å². The Balaban J connectivity index is 2.25. The molecule has 3 rings (SSSR count). The monoisotopic (exact) mass is 244 g/mol. The lowest BCUT2D eigenvalue weighted by molar-refractivity contribution is -0.125. The van der Waals surface area contributed by atoms with E-state index in [4.69, 9.17) is 0 Å². The second-order valence-electron chi connectivity index (χ2n) is 5.66. The van der Waals surface area contributed by atoms with Crippen molar-refractivity contribution in [2.24, 2.45) is 5.41 Å². The van der Waals surface area contributed by atoms with E-state index in [1.165, 1.54) is 0 Å². The predicted molar refractivity (Wildman–Crippen MR) is 68.1 cm³/mol. The smallest absolute Gasteiger partial charge is 0.187 e. The third-order valence-corrected chi connectivity index (χ3v) is 4.23. The molecule has 0 amide bonds. The number of aliphatic hydroxyl groups is 1. The fraction of sp³-hybridized carbons (Fsp3) is 0.400. The molecule has 1 aromatic carbocycles. The normalized spacial score (nSPS) is 30.4. The van der Waals surface area contributed by atoms with Crippen molar-refractivity contribution in [1.82, 2.24) is 0 Å². The van der Waals surface area contributed by atoms with E-state index in [0.29, 0.717) is 12.0 Å². The van der Waals surface area contributed by atoms with E-state index < -0.39 is 6.10 Å². The first-order valence-electron chi connectivity index (χ1n) is 6.18. The summed E-state index contributed by atoms with van der Waals surface area (Å²) < 4.78 is 0.